The molecular weight excluding hydrogens is 337 g/mol. The van der Waals surface area contributed by atoms with Gasteiger partial charge in [-0.25, -0.2) is 0 Å². The zero-order chi connectivity index (χ0) is 17.8. The predicted octanol–water partition coefficient (Wildman–Crippen LogP) is 3.02. The van der Waals surface area contributed by atoms with E-state index in [0.29, 0.717) is 17.6 Å². The first-order valence-corrected chi connectivity index (χ1v) is 9.82. The van der Waals surface area contributed by atoms with Crippen LogP contribution in [0.5, 0.6) is 5.75 Å². The van der Waals surface area contributed by atoms with Crippen molar-refractivity contribution >= 4 is 25.0 Å². The lowest BCUT2D eigenvalue weighted by Crippen LogP contribution is -2.34. The van der Waals surface area contributed by atoms with Crippen LogP contribution in [0.1, 0.15) is 24.8 Å². The molecule has 0 bridgehead atoms. The smallest absolute Gasteiger partial charge is 0.164 e. The number of benzene rings is 1. The van der Waals surface area contributed by atoms with Crippen LogP contribution in [0.3, 0.4) is 0 Å². The predicted molar refractivity (Wildman–Crippen MR) is 98.8 cm³/mol. The standard InChI is InChI=1S/C18H22N3O3P/c1-24-15-2-3-16-17(10-15)20-12-14(11-19)18(16)21-7-4-13(5-8-21)6-9-25(22)23/h2-3,10,12-13,22-23H,4-9H2,1H3. The summed E-state index contributed by atoms with van der Waals surface area (Å²) in [6.45, 7) is 1.72. The highest BCUT2D eigenvalue weighted by atomic mass is 31.2. The number of hydrogen-bond donors (Lipinski definition) is 2. The van der Waals surface area contributed by atoms with Gasteiger partial charge in [-0.2, -0.15) is 5.26 Å². The molecule has 1 aromatic carbocycles. The van der Waals surface area contributed by atoms with Gasteiger partial charge in [-0.05, 0) is 37.3 Å². The van der Waals surface area contributed by atoms with Crippen molar-refractivity contribution < 1.29 is 14.5 Å². The number of pyridine rings is 1. The number of methoxy groups -OCH3 is 1. The summed E-state index contributed by atoms with van der Waals surface area (Å²) in [7, 11) is -0.167. The average Bonchev–Trinajstić information content (AvgIpc) is 2.65. The minimum Gasteiger partial charge on any atom is -0.497 e. The van der Waals surface area contributed by atoms with Crippen LogP contribution in [0.25, 0.3) is 10.9 Å². The maximum absolute atomic E-state index is 9.51. The van der Waals surface area contributed by atoms with Gasteiger partial charge in [0.05, 0.1) is 23.9 Å². The molecule has 132 valence electrons. The number of fused-ring (bicyclic) bond motifs is 1. The Kier molecular flexibility index (Phi) is 5.70. The van der Waals surface area contributed by atoms with Crippen LogP contribution in [0, 0.1) is 17.2 Å². The Morgan fingerprint density at radius 3 is 2.76 bits per heavy atom. The lowest BCUT2D eigenvalue weighted by Gasteiger charge is -2.34. The molecular formula is C18H22N3O3P. The van der Waals surface area contributed by atoms with Gasteiger partial charge < -0.3 is 19.4 Å². The molecule has 0 aliphatic carbocycles. The van der Waals surface area contributed by atoms with E-state index in [1.807, 2.05) is 18.2 Å². The van der Waals surface area contributed by atoms with E-state index in [4.69, 9.17) is 14.5 Å². The molecule has 7 heteroatoms. The molecule has 1 saturated heterocycles. The second-order valence-corrected chi connectivity index (χ2v) is 7.52. The van der Waals surface area contributed by atoms with E-state index < -0.39 is 8.38 Å². The molecule has 25 heavy (non-hydrogen) atoms. The van der Waals surface area contributed by atoms with E-state index in [1.54, 1.807) is 13.3 Å². The largest absolute Gasteiger partial charge is 0.497 e. The summed E-state index contributed by atoms with van der Waals surface area (Å²) < 4.78 is 5.27. The molecule has 0 amide bonds. The topological polar surface area (TPSA) is 89.6 Å². The van der Waals surface area contributed by atoms with Crippen molar-refractivity contribution in [2.75, 3.05) is 31.3 Å². The summed E-state index contributed by atoms with van der Waals surface area (Å²) in [5, 5.41) is 10.5. The molecule has 1 fully saturated rings. The zero-order valence-electron chi connectivity index (χ0n) is 14.2. The Morgan fingerprint density at radius 2 is 2.12 bits per heavy atom. The van der Waals surface area contributed by atoms with E-state index in [1.165, 1.54) is 0 Å². The highest BCUT2D eigenvalue weighted by molar-refractivity contribution is 7.45. The second-order valence-electron chi connectivity index (χ2n) is 6.33. The lowest BCUT2D eigenvalue weighted by atomic mass is 9.93. The van der Waals surface area contributed by atoms with E-state index in [-0.39, 0.29) is 0 Å². The number of anilines is 1. The normalized spacial score (nSPS) is 15.6. The van der Waals surface area contributed by atoms with Crippen molar-refractivity contribution in [3.63, 3.8) is 0 Å². The van der Waals surface area contributed by atoms with Gasteiger partial charge in [-0.15, -0.1) is 0 Å². The van der Waals surface area contributed by atoms with Crippen molar-refractivity contribution in [1.82, 2.24) is 4.98 Å². The summed E-state index contributed by atoms with van der Waals surface area (Å²) in [6.07, 6.45) is 4.96. The number of rotatable bonds is 5. The van der Waals surface area contributed by atoms with Gasteiger partial charge >= 0.3 is 0 Å². The first-order valence-electron chi connectivity index (χ1n) is 8.39. The van der Waals surface area contributed by atoms with Crippen LogP contribution in [0.2, 0.25) is 0 Å². The van der Waals surface area contributed by atoms with Crippen molar-refractivity contribution in [3.8, 4) is 11.8 Å². The van der Waals surface area contributed by atoms with Crippen molar-refractivity contribution in [3.05, 3.63) is 30.0 Å². The Labute approximate surface area is 148 Å². The van der Waals surface area contributed by atoms with Gasteiger partial charge in [0.25, 0.3) is 0 Å². The molecule has 1 aliphatic rings. The second kappa shape index (κ2) is 7.97. The van der Waals surface area contributed by atoms with Gasteiger partial charge in [-0.3, -0.25) is 4.98 Å². The van der Waals surface area contributed by atoms with Gasteiger partial charge in [0, 0.05) is 36.9 Å². The Bertz CT molecular complexity index is 783. The quantitative estimate of drug-likeness (QED) is 0.798. The SMILES string of the molecule is COc1ccc2c(N3CCC(CCP(O)O)CC3)c(C#N)cnc2c1. The molecule has 1 aliphatic heterocycles. The third-order valence-electron chi connectivity index (χ3n) is 4.84. The van der Waals surface area contributed by atoms with E-state index in [9.17, 15) is 5.26 Å². The maximum atomic E-state index is 9.51. The molecule has 2 aromatic rings. The van der Waals surface area contributed by atoms with Crippen molar-refractivity contribution in [1.29, 1.82) is 5.26 Å². The molecule has 1 aromatic heterocycles. The van der Waals surface area contributed by atoms with Crippen molar-refractivity contribution in [2.24, 2.45) is 5.92 Å². The molecule has 6 nitrogen and oxygen atoms in total. The van der Waals surface area contributed by atoms with Crippen LogP contribution in [-0.2, 0) is 0 Å². The highest BCUT2D eigenvalue weighted by Gasteiger charge is 2.23. The fourth-order valence-corrected chi connectivity index (χ4v) is 4.05. The van der Waals surface area contributed by atoms with Gasteiger partial charge in [0.1, 0.15) is 11.8 Å². The van der Waals surface area contributed by atoms with Crippen LogP contribution in [-0.4, -0.2) is 41.1 Å². The first kappa shape index (κ1) is 17.9. The summed E-state index contributed by atoms with van der Waals surface area (Å²) >= 11 is 0. The summed E-state index contributed by atoms with van der Waals surface area (Å²) in [6, 6.07) is 8.01. The maximum Gasteiger partial charge on any atom is 0.164 e. The molecule has 0 radical (unpaired) electrons. The third kappa shape index (κ3) is 4.01. The summed E-state index contributed by atoms with van der Waals surface area (Å²) in [5.74, 6) is 1.26. The summed E-state index contributed by atoms with van der Waals surface area (Å²) in [5.41, 5.74) is 2.35. The fraction of sp³-hybridized carbons (Fsp3) is 0.444. The molecule has 0 atom stereocenters. The number of ether oxygens (including phenoxy) is 1. The molecule has 2 N–H and O–H groups in total. The van der Waals surface area contributed by atoms with Crippen LogP contribution >= 0.6 is 8.38 Å². The van der Waals surface area contributed by atoms with Crippen molar-refractivity contribution in [2.45, 2.75) is 19.3 Å². The van der Waals surface area contributed by atoms with Crippen LogP contribution < -0.4 is 9.64 Å². The number of hydrogen-bond acceptors (Lipinski definition) is 6. The molecule has 0 spiro atoms. The number of piperidine rings is 1. The molecule has 2 heterocycles. The van der Waals surface area contributed by atoms with Crippen LogP contribution in [0.4, 0.5) is 5.69 Å². The van der Waals surface area contributed by atoms with Gasteiger partial charge in [0.15, 0.2) is 8.38 Å². The van der Waals surface area contributed by atoms with Crippen LogP contribution in [0.15, 0.2) is 24.4 Å². The Hall–Kier alpha value is -1.93. The minimum absolute atomic E-state index is 0.488. The van der Waals surface area contributed by atoms with E-state index >= 15 is 0 Å². The molecule has 0 saturated carbocycles. The average molecular weight is 359 g/mol. The molecule has 0 unspecified atom stereocenters. The Morgan fingerprint density at radius 1 is 1.36 bits per heavy atom. The Balaban J connectivity index is 1.84. The molecule has 3 rings (SSSR count). The fourth-order valence-electron chi connectivity index (χ4n) is 3.45. The zero-order valence-corrected chi connectivity index (χ0v) is 15.1. The minimum atomic E-state index is -1.79. The van der Waals surface area contributed by atoms with Gasteiger partial charge in [0.2, 0.25) is 0 Å². The first-order chi connectivity index (χ1) is 12.1. The third-order valence-corrected chi connectivity index (χ3v) is 5.49. The monoisotopic (exact) mass is 359 g/mol. The highest BCUT2D eigenvalue weighted by Crippen LogP contribution is 2.35. The number of aromatic nitrogens is 1. The van der Waals surface area contributed by atoms with Gasteiger partial charge in [-0.1, -0.05) is 0 Å². The van der Waals surface area contributed by atoms with E-state index in [0.717, 1.165) is 54.7 Å². The lowest BCUT2D eigenvalue weighted by molar-refractivity contribution is 0.387. The number of nitriles is 1. The number of nitrogens with zero attached hydrogens (tertiary/aromatic N) is 3. The van der Waals surface area contributed by atoms with E-state index in [2.05, 4.69) is 16.0 Å². The summed E-state index contributed by atoms with van der Waals surface area (Å²) in [4.78, 5) is 24.9.